The molecule has 2 amide bonds. The van der Waals surface area contributed by atoms with Crippen molar-refractivity contribution in [2.45, 2.75) is 13.8 Å². The molecule has 0 bridgehead atoms. The second-order valence-electron chi connectivity index (χ2n) is 5.57. The molecular formula is C15H16I3N2O7S-. The molecule has 0 aliphatic rings. The highest BCUT2D eigenvalue weighted by molar-refractivity contribution is 14.1. The minimum atomic E-state index is -4.53. The first-order valence-electron chi connectivity index (χ1n) is 7.50. The summed E-state index contributed by atoms with van der Waals surface area (Å²) < 4.78 is 38.5. The van der Waals surface area contributed by atoms with Gasteiger partial charge < -0.3 is 19.1 Å². The Morgan fingerprint density at radius 3 is 1.64 bits per heavy atom. The fraction of sp³-hybridized carbons (Fsp3) is 0.400. The largest absolute Gasteiger partial charge is 0.748 e. The maximum atomic E-state index is 12.6. The first-order valence-corrected chi connectivity index (χ1v) is 12.3. The number of carbonyl (C=O) groups excluding carboxylic acids is 3. The zero-order chi connectivity index (χ0) is 22.0. The molecule has 0 fully saturated rings. The summed E-state index contributed by atoms with van der Waals surface area (Å²) in [5.41, 5.74) is 0.914. The number of rotatable bonds is 6. The molecule has 0 heterocycles. The van der Waals surface area contributed by atoms with Crippen LogP contribution in [-0.4, -0.2) is 57.2 Å². The summed E-state index contributed by atoms with van der Waals surface area (Å²) in [5.74, 6) is -2.28. The van der Waals surface area contributed by atoms with Crippen molar-refractivity contribution in [3.05, 3.63) is 16.3 Å². The van der Waals surface area contributed by atoms with E-state index in [1.165, 1.54) is 37.7 Å². The summed E-state index contributed by atoms with van der Waals surface area (Å²) >= 11 is 5.79. The molecule has 13 heteroatoms. The monoisotopic (exact) mass is 749 g/mol. The normalized spacial score (nSPS) is 11.1. The molecule has 156 valence electrons. The number of hydrogen-bond acceptors (Lipinski definition) is 7. The van der Waals surface area contributed by atoms with E-state index in [1.54, 1.807) is 0 Å². The summed E-state index contributed by atoms with van der Waals surface area (Å²) in [6, 6.07) is 0. The van der Waals surface area contributed by atoms with E-state index >= 15 is 0 Å². The van der Waals surface area contributed by atoms with Crippen molar-refractivity contribution in [2.75, 3.05) is 36.3 Å². The zero-order valence-corrected chi connectivity index (χ0v) is 22.5. The van der Waals surface area contributed by atoms with Crippen LogP contribution in [0.3, 0.4) is 0 Å². The van der Waals surface area contributed by atoms with Crippen molar-refractivity contribution < 1.29 is 32.1 Å². The van der Waals surface area contributed by atoms with Crippen LogP contribution in [0.5, 0.6) is 0 Å². The minimum absolute atomic E-state index is 0.0797. The first kappa shape index (κ1) is 25.8. The quantitative estimate of drug-likeness (QED) is 0.248. The number of carbonyl (C=O) groups is 3. The molecule has 28 heavy (non-hydrogen) atoms. The maximum absolute atomic E-state index is 12.6. The summed E-state index contributed by atoms with van der Waals surface area (Å²) in [5, 5.41) is 0. The van der Waals surface area contributed by atoms with Gasteiger partial charge in [0.05, 0.1) is 43.5 Å². The second kappa shape index (κ2) is 10.2. The molecule has 0 saturated heterocycles. The molecule has 0 radical (unpaired) electrons. The van der Waals surface area contributed by atoms with Gasteiger partial charge in [0.1, 0.15) is 6.61 Å². The Morgan fingerprint density at radius 2 is 1.32 bits per heavy atom. The average molecular weight is 749 g/mol. The molecule has 0 unspecified atom stereocenters. The summed E-state index contributed by atoms with van der Waals surface area (Å²) in [6.45, 7) is 2.11. The maximum Gasteiger partial charge on any atom is 0.340 e. The fourth-order valence-electron chi connectivity index (χ4n) is 2.03. The number of ether oxygens (including phenoxy) is 1. The Balaban J connectivity index is 3.64. The molecule has 1 aromatic carbocycles. The Bertz CT molecular complexity index is 887. The van der Waals surface area contributed by atoms with Crippen LogP contribution in [-0.2, 0) is 24.4 Å². The van der Waals surface area contributed by atoms with Gasteiger partial charge in [0.25, 0.3) is 0 Å². The highest BCUT2D eigenvalue weighted by Gasteiger charge is 2.30. The molecule has 0 N–H and O–H groups in total. The van der Waals surface area contributed by atoms with Gasteiger partial charge in [-0.05, 0) is 67.8 Å². The number of nitrogens with zero attached hydrogens (tertiary/aromatic N) is 2. The minimum Gasteiger partial charge on any atom is -0.748 e. The Hall–Kier alpha value is -0.270. The van der Waals surface area contributed by atoms with E-state index in [0.717, 1.165) is 0 Å². The van der Waals surface area contributed by atoms with E-state index in [2.05, 4.69) is 0 Å². The van der Waals surface area contributed by atoms with Crippen molar-refractivity contribution in [1.29, 1.82) is 0 Å². The van der Waals surface area contributed by atoms with Gasteiger partial charge in [-0.2, -0.15) is 0 Å². The topological polar surface area (TPSA) is 124 Å². The third-order valence-corrected chi connectivity index (χ3v) is 7.45. The lowest BCUT2D eigenvalue weighted by Gasteiger charge is -2.27. The number of benzene rings is 1. The van der Waals surface area contributed by atoms with Gasteiger partial charge in [-0.3, -0.25) is 9.59 Å². The van der Waals surface area contributed by atoms with Crippen LogP contribution in [0.4, 0.5) is 11.4 Å². The lowest BCUT2D eigenvalue weighted by Crippen LogP contribution is -2.30. The first-order chi connectivity index (χ1) is 12.7. The molecule has 0 spiro atoms. The molecule has 0 aliphatic heterocycles. The van der Waals surface area contributed by atoms with Gasteiger partial charge in [-0.15, -0.1) is 0 Å². The summed E-state index contributed by atoms with van der Waals surface area (Å²) in [6.07, 6.45) is 0. The van der Waals surface area contributed by atoms with Crippen LogP contribution in [0.2, 0.25) is 0 Å². The smallest absolute Gasteiger partial charge is 0.340 e. The van der Waals surface area contributed by atoms with Crippen molar-refractivity contribution in [2.24, 2.45) is 0 Å². The average Bonchev–Trinajstić information content (AvgIpc) is 2.52. The van der Waals surface area contributed by atoms with Crippen molar-refractivity contribution in [3.8, 4) is 0 Å². The third kappa shape index (κ3) is 6.11. The highest BCUT2D eigenvalue weighted by Crippen LogP contribution is 2.42. The molecule has 0 aromatic heterocycles. The number of hydrogen-bond donors (Lipinski definition) is 0. The Morgan fingerprint density at radius 1 is 0.929 bits per heavy atom. The van der Waals surface area contributed by atoms with Crippen molar-refractivity contribution in [3.63, 3.8) is 0 Å². The zero-order valence-electron chi connectivity index (χ0n) is 15.2. The van der Waals surface area contributed by atoms with Gasteiger partial charge in [0, 0.05) is 27.9 Å². The molecule has 1 rings (SSSR count). The number of esters is 1. The summed E-state index contributed by atoms with van der Waals surface area (Å²) in [4.78, 5) is 39.2. The lowest BCUT2D eigenvalue weighted by molar-refractivity contribution is -0.117. The van der Waals surface area contributed by atoms with E-state index in [9.17, 15) is 27.4 Å². The van der Waals surface area contributed by atoms with Crippen LogP contribution in [0.15, 0.2) is 0 Å². The van der Waals surface area contributed by atoms with Crippen LogP contribution in [0, 0.1) is 10.7 Å². The van der Waals surface area contributed by atoms with E-state index in [1.807, 2.05) is 67.8 Å². The third-order valence-electron chi connectivity index (χ3n) is 3.66. The fourth-order valence-corrected chi connectivity index (χ4v) is 7.37. The molecule has 9 nitrogen and oxygen atoms in total. The van der Waals surface area contributed by atoms with Crippen LogP contribution < -0.4 is 9.80 Å². The van der Waals surface area contributed by atoms with E-state index < -0.39 is 28.4 Å². The predicted octanol–water partition coefficient (Wildman–Crippen LogP) is 2.17. The van der Waals surface area contributed by atoms with Gasteiger partial charge in [0.2, 0.25) is 11.8 Å². The molecular weight excluding hydrogens is 733 g/mol. The van der Waals surface area contributed by atoms with Crippen LogP contribution in [0.25, 0.3) is 0 Å². The van der Waals surface area contributed by atoms with Gasteiger partial charge in [-0.25, -0.2) is 13.2 Å². The SMILES string of the molecule is CC(=O)N(C)c1c(I)c(C(=O)OCCS(=O)(=O)[O-])c(I)c(N(C)C(C)=O)c1I. The van der Waals surface area contributed by atoms with Crippen molar-refractivity contribution >= 4 is 107 Å². The van der Waals surface area contributed by atoms with Crippen molar-refractivity contribution in [1.82, 2.24) is 0 Å². The Kier molecular flexibility index (Phi) is 9.35. The molecule has 0 atom stereocenters. The number of anilines is 2. The highest BCUT2D eigenvalue weighted by atomic mass is 127. The van der Waals surface area contributed by atoms with Crippen LogP contribution >= 0.6 is 67.8 Å². The Labute approximate surface area is 203 Å². The van der Waals surface area contributed by atoms with E-state index in [0.29, 0.717) is 22.1 Å². The van der Waals surface area contributed by atoms with E-state index in [-0.39, 0.29) is 17.4 Å². The molecule has 1 aromatic rings. The van der Waals surface area contributed by atoms with Gasteiger partial charge >= 0.3 is 5.97 Å². The molecule has 0 aliphatic carbocycles. The predicted molar refractivity (Wildman–Crippen MR) is 128 cm³/mol. The standard InChI is InChI=1S/C15H17I3N2O7S/c1-7(21)19(3)13-10(16)9(15(23)27-5-6-28(24,25)26)11(17)14(12(13)18)20(4)8(2)22/h5-6H2,1-4H3,(H,24,25,26)/p-1. The van der Waals surface area contributed by atoms with Crippen LogP contribution in [0.1, 0.15) is 24.2 Å². The number of amides is 2. The lowest BCUT2D eigenvalue weighted by atomic mass is 10.1. The second-order valence-corrected chi connectivity index (χ2v) is 10.3. The summed E-state index contributed by atoms with van der Waals surface area (Å²) in [7, 11) is -1.47. The van der Waals surface area contributed by atoms with Gasteiger partial charge in [0.15, 0.2) is 0 Å². The van der Waals surface area contributed by atoms with E-state index in [4.69, 9.17) is 4.74 Å². The van der Waals surface area contributed by atoms with Gasteiger partial charge in [-0.1, -0.05) is 0 Å². The number of halogens is 3. The molecule has 0 saturated carbocycles.